The second kappa shape index (κ2) is 5.96. The number of aromatic nitrogens is 3. The molecule has 0 bridgehead atoms. The molecule has 2 aromatic rings. The van der Waals surface area contributed by atoms with Crippen LogP contribution in [0.1, 0.15) is 24.4 Å². The summed E-state index contributed by atoms with van der Waals surface area (Å²) in [6.07, 6.45) is 3.71. The van der Waals surface area contributed by atoms with Crippen LogP contribution in [0.3, 0.4) is 0 Å². The summed E-state index contributed by atoms with van der Waals surface area (Å²) in [5.41, 5.74) is 1.88. The van der Waals surface area contributed by atoms with Crippen molar-refractivity contribution in [3.8, 4) is 0 Å². The molecular weight excluding hydrogens is 322 g/mol. The summed E-state index contributed by atoms with van der Waals surface area (Å²) in [6, 6.07) is -0.387. The van der Waals surface area contributed by atoms with Crippen molar-refractivity contribution in [1.29, 1.82) is 0 Å². The van der Waals surface area contributed by atoms with Crippen molar-refractivity contribution in [2.24, 2.45) is 5.92 Å². The fraction of sp³-hybridized carbons (Fsp3) is 0.588. The van der Waals surface area contributed by atoms with Gasteiger partial charge < -0.3 is 25.0 Å². The topological polar surface area (TPSA) is 104 Å². The van der Waals surface area contributed by atoms with E-state index in [1.54, 1.807) is 14.1 Å². The molecule has 1 aliphatic heterocycles. The second-order valence-electron chi connectivity index (χ2n) is 7.14. The zero-order chi connectivity index (χ0) is 17.7. The van der Waals surface area contributed by atoms with Crippen LogP contribution in [-0.4, -0.2) is 68.4 Å². The third-order valence-corrected chi connectivity index (χ3v) is 5.37. The second-order valence-corrected chi connectivity index (χ2v) is 7.14. The number of aryl methyl sites for hydroxylation is 1. The Labute approximate surface area is 145 Å². The van der Waals surface area contributed by atoms with E-state index in [0.29, 0.717) is 6.42 Å². The SMILES string of the molecule is CN(C)C(=O)[C@H]1C[C@@H](n2cc3c4c(ncnc42)NCCC3)[C@H](O)[C@@H]1O. The fourth-order valence-corrected chi connectivity index (χ4v) is 4.08. The summed E-state index contributed by atoms with van der Waals surface area (Å²) in [6.45, 7) is 0.866. The van der Waals surface area contributed by atoms with Gasteiger partial charge in [-0.25, -0.2) is 9.97 Å². The Bertz CT molecular complexity index is 818. The molecule has 2 aromatic heterocycles. The van der Waals surface area contributed by atoms with Crippen LogP contribution >= 0.6 is 0 Å². The Kier molecular flexibility index (Phi) is 3.88. The zero-order valence-corrected chi connectivity index (χ0v) is 14.4. The van der Waals surface area contributed by atoms with E-state index >= 15 is 0 Å². The van der Waals surface area contributed by atoms with Gasteiger partial charge in [-0.2, -0.15) is 0 Å². The first kappa shape index (κ1) is 16.3. The van der Waals surface area contributed by atoms with Gasteiger partial charge in [0.15, 0.2) is 0 Å². The molecule has 0 aromatic carbocycles. The molecule has 8 nitrogen and oxygen atoms in total. The zero-order valence-electron chi connectivity index (χ0n) is 14.4. The molecule has 4 rings (SSSR count). The molecule has 3 N–H and O–H groups in total. The van der Waals surface area contributed by atoms with Crippen LogP contribution in [0, 0.1) is 5.92 Å². The van der Waals surface area contributed by atoms with E-state index in [-0.39, 0.29) is 11.9 Å². The Morgan fingerprint density at radius 3 is 2.88 bits per heavy atom. The molecule has 1 amide bonds. The molecule has 4 atom stereocenters. The third-order valence-electron chi connectivity index (χ3n) is 5.37. The largest absolute Gasteiger partial charge is 0.390 e. The lowest BCUT2D eigenvalue weighted by molar-refractivity contribution is -0.136. The lowest BCUT2D eigenvalue weighted by atomic mass is 10.0. The maximum atomic E-state index is 12.3. The van der Waals surface area contributed by atoms with Crippen LogP contribution in [-0.2, 0) is 11.2 Å². The molecule has 3 heterocycles. The minimum absolute atomic E-state index is 0.163. The number of hydrogen-bond donors (Lipinski definition) is 3. The normalized spacial score (nSPS) is 28.6. The fourth-order valence-electron chi connectivity index (χ4n) is 4.08. The van der Waals surface area contributed by atoms with Crippen molar-refractivity contribution >= 4 is 22.8 Å². The quantitative estimate of drug-likeness (QED) is 0.716. The van der Waals surface area contributed by atoms with Crippen LogP contribution in [0.4, 0.5) is 5.82 Å². The highest BCUT2D eigenvalue weighted by molar-refractivity contribution is 5.91. The molecule has 1 saturated carbocycles. The number of aliphatic hydroxyl groups is 2. The molecule has 134 valence electrons. The van der Waals surface area contributed by atoms with Crippen molar-refractivity contribution in [2.75, 3.05) is 26.0 Å². The molecule has 1 aliphatic carbocycles. The van der Waals surface area contributed by atoms with E-state index in [2.05, 4.69) is 15.3 Å². The first-order valence-corrected chi connectivity index (χ1v) is 8.64. The Balaban J connectivity index is 1.77. The van der Waals surface area contributed by atoms with Crippen molar-refractivity contribution < 1.29 is 15.0 Å². The Hall–Kier alpha value is -2.19. The highest BCUT2D eigenvalue weighted by atomic mass is 16.3. The average Bonchev–Trinajstić information content (AvgIpc) is 3.01. The maximum Gasteiger partial charge on any atom is 0.227 e. The molecule has 8 heteroatoms. The van der Waals surface area contributed by atoms with E-state index in [4.69, 9.17) is 0 Å². The van der Waals surface area contributed by atoms with Gasteiger partial charge in [0, 0.05) is 26.8 Å². The van der Waals surface area contributed by atoms with E-state index in [0.717, 1.165) is 41.8 Å². The number of carbonyl (C=O) groups is 1. The average molecular weight is 345 g/mol. The molecule has 0 saturated heterocycles. The molecule has 2 aliphatic rings. The molecule has 1 fully saturated rings. The Morgan fingerprint density at radius 1 is 1.32 bits per heavy atom. The number of nitrogens with one attached hydrogen (secondary N) is 1. The summed E-state index contributed by atoms with van der Waals surface area (Å²) >= 11 is 0. The standard InChI is InChI=1S/C17H23N5O3/c1-21(2)17(25)10-6-11(14(24)13(10)23)22-7-9-4-3-5-18-15-12(9)16(22)20-8-19-15/h7-8,10-11,13-14,23-24H,3-6H2,1-2H3,(H,18,19,20)/t10-,11+,13+,14-/m0/s1. The number of rotatable bonds is 2. The van der Waals surface area contributed by atoms with Gasteiger partial charge in [0.2, 0.25) is 5.91 Å². The van der Waals surface area contributed by atoms with E-state index < -0.39 is 18.1 Å². The smallest absolute Gasteiger partial charge is 0.227 e. The van der Waals surface area contributed by atoms with Crippen molar-refractivity contribution in [1.82, 2.24) is 19.4 Å². The van der Waals surface area contributed by atoms with Crippen LogP contribution in [0.25, 0.3) is 11.0 Å². The van der Waals surface area contributed by atoms with Gasteiger partial charge in [-0.3, -0.25) is 4.79 Å². The van der Waals surface area contributed by atoms with Crippen LogP contribution < -0.4 is 5.32 Å². The number of amides is 1. The monoisotopic (exact) mass is 345 g/mol. The van der Waals surface area contributed by atoms with Crippen molar-refractivity contribution in [3.63, 3.8) is 0 Å². The van der Waals surface area contributed by atoms with Crippen LogP contribution in [0.5, 0.6) is 0 Å². The third kappa shape index (κ3) is 2.47. The van der Waals surface area contributed by atoms with Gasteiger partial charge >= 0.3 is 0 Å². The lowest BCUT2D eigenvalue weighted by Crippen LogP contribution is -2.37. The first-order chi connectivity index (χ1) is 12.0. The summed E-state index contributed by atoms with van der Waals surface area (Å²) < 4.78 is 1.92. The van der Waals surface area contributed by atoms with Gasteiger partial charge in [-0.15, -0.1) is 0 Å². The van der Waals surface area contributed by atoms with Crippen LogP contribution in [0.2, 0.25) is 0 Å². The predicted octanol–water partition coefficient (Wildman–Crippen LogP) is 0.160. The Morgan fingerprint density at radius 2 is 2.12 bits per heavy atom. The summed E-state index contributed by atoms with van der Waals surface area (Å²) in [4.78, 5) is 22.5. The molecule has 0 spiro atoms. The lowest BCUT2D eigenvalue weighted by Gasteiger charge is -2.19. The van der Waals surface area contributed by atoms with E-state index in [1.807, 2.05) is 10.8 Å². The number of aliphatic hydroxyl groups excluding tert-OH is 2. The predicted molar refractivity (Wildman–Crippen MR) is 92.2 cm³/mol. The van der Waals surface area contributed by atoms with E-state index in [9.17, 15) is 15.0 Å². The van der Waals surface area contributed by atoms with Crippen molar-refractivity contribution in [2.45, 2.75) is 37.5 Å². The van der Waals surface area contributed by atoms with Gasteiger partial charge in [0.1, 0.15) is 23.9 Å². The summed E-state index contributed by atoms with van der Waals surface area (Å²) in [5.74, 6) is 0.0391. The minimum Gasteiger partial charge on any atom is -0.390 e. The van der Waals surface area contributed by atoms with Crippen molar-refractivity contribution in [3.05, 3.63) is 18.1 Å². The number of hydrogen-bond acceptors (Lipinski definition) is 6. The van der Waals surface area contributed by atoms with Gasteiger partial charge in [0.25, 0.3) is 0 Å². The van der Waals surface area contributed by atoms with E-state index in [1.165, 1.54) is 11.2 Å². The number of anilines is 1. The maximum absolute atomic E-state index is 12.3. The van der Waals surface area contributed by atoms with Gasteiger partial charge in [-0.05, 0) is 24.8 Å². The van der Waals surface area contributed by atoms with Crippen LogP contribution in [0.15, 0.2) is 12.5 Å². The number of carbonyl (C=O) groups excluding carboxylic acids is 1. The molecule has 25 heavy (non-hydrogen) atoms. The minimum atomic E-state index is -1.08. The summed E-state index contributed by atoms with van der Waals surface area (Å²) in [5, 5.41) is 25.3. The number of nitrogens with zero attached hydrogens (tertiary/aromatic N) is 4. The molecule has 0 unspecified atom stereocenters. The summed E-state index contributed by atoms with van der Waals surface area (Å²) in [7, 11) is 3.32. The van der Waals surface area contributed by atoms with Gasteiger partial charge in [0.05, 0.1) is 23.4 Å². The molecule has 0 radical (unpaired) electrons. The molecular formula is C17H23N5O3. The first-order valence-electron chi connectivity index (χ1n) is 8.64. The highest BCUT2D eigenvalue weighted by Crippen LogP contribution is 2.40. The highest BCUT2D eigenvalue weighted by Gasteiger charge is 2.46. The van der Waals surface area contributed by atoms with Gasteiger partial charge in [-0.1, -0.05) is 0 Å².